The molecule has 4 heteroatoms. The third kappa shape index (κ3) is 2.50. The Kier molecular flexibility index (Phi) is 2.92. The Morgan fingerprint density at radius 2 is 2.40 bits per heavy atom. The Bertz CT molecular complexity index is 440. The quantitative estimate of drug-likeness (QED) is 0.750. The summed E-state index contributed by atoms with van der Waals surface area (Å²) in [5.41, 5.74) is 0.950. The third-order valence-corrected chi connectivity index (χ3v) is 2.18. The van der Waals surface area contributed by atoms with Crippen LogP contribution in [0.1, 0.15) is 11.3 Å². The van der Waals surface area contributed by atoms with Crippen molar-refractivity contribution in [2.24, 2.45) is 0 Å². The number of rotatable bonds is 3. The summed E-state index contributed by atoms with van der Waals surface area (Å²) in [6.45, 7) is 2.31. The average Bonchev–Trinajstić information content (AvgIpc) is 2.72. The summed E-state index contributed by atoms with van der Waals surface area (Å²) in [7, 11) is 0. The minimum Gasteiger partial charge on any atom is -0.485 e. The highest BCUT2D eigenvalue weighted by molar-refractivity contribution is 6.29. The molecular weight excluding hydrogens is 214 g/mol. The molecule has 0 atom stereocenters. The van der Waals surface area contributed by atoms with E-state index in [-0.39, 0.29) is 0 Å². The van der Waals surface area contributed by atoms with Crippen LogP contribution in [0.5, 0.6) is 5.75 Å². The summed E-state index contributed by atoms with van der Waals surface area (Å²) in [4.78, 5) is 3.95. The van der Waals surface area contributed by atoms with Crippen LogP contribution >= 0.6 is 11.6 Å². The van der Waals surface area contributed by atoms with E-state index in [4.69, 9.17) is 20.8 Å². The molecule has 3 nitrogen and oxygen atoms in total. The van der Waals surface area contributed by atoms with Gasteiger partial charge < -0.3 is 9.15 Å². The highest BCUT2D eigenvalue weighted by Crippen LogP contribution is 2.21. The molecule has 2 aromatic heterocycles. The molecule has 0 bridgehead atoms. The summed E-state index contributed by atoms with van der Waals surface area (Å²) < 4.78 is 10.7. The van der Waals surface area contributed by atoms with Gasteiger partial charge in [-0.2, -0.15) is 0 Å². The molecule has 0 saturated heterocycles. The molecule has 0 radical (unpaired) electrons. The smallest absolute Gasteiger partial charge is 0.146 e. The molecule has 2 heterocycles. The maximum atomic E-state index is 5.76. The third-order valence-electron chi connectivity index (χ3n) is 1.97. The van der Waals surface area contributed by atoms with Crippen molar-refractivity contribution in [2.75, 3.05) is 0 Å². The lowest BCUT2D eigenvalue weighted by molar-refractivity contribution is 0.268. The van der Waals surface area contributed by atoms with Crippen molar-refractivity contribution < 1.29 is 9.15 Å². The summed E-state index contributed by atoms with van der Waals surface area (Å²) in [6, 6.07) is 5.38. The van der Waals surface area contributed by atoms with E-state index in [1.54, 1.807) is 18.5 Å². The van der Waals surface area contributed by atoms with Crippen molar-refractivity contribution in [1.29, 1.82) is 0 Å². The summed E-state index contributed by atoms with van der Waals surface area (Å²) in [6.07, 6.45) is 3.30. The number of nitrogens with zero attached hydrogens (tertiary/aromatic N) is 1. The van der Waals surface area contributed by atoms with Crippen LogP contribution in [0, 0.1) is 6.92 Å². The zero-order valence-electron chi connectivity index (χ0n) is 8.24. The molecule has 0 fully saturated rings. The summed E-state index contributed by atoms with van der Waals surface area (Å²) >= 11 is 5.76. The second kappa shape index (κ2) is 4.36. The highest BCUT2D eigenvalue weighted by Gasteiger charge is 2.03. The Labute approximate surface area is 92.6 Å². The van der Waals surface area contributed by atoms with Gasteiger partial charge in [0.1, 0.15) is 23.3 Å². The number of ether oxygens (including phenoxy) is 1. The maximum absolute atomic E-state index is 5.76. The number of aryl methyl sites for hydroxylation is 1. The first-order valence-electron chi connectivity index (χ1n) is 4.53. The van der Waals surface area contributed by atoms with E-state index in [0.717, 1.165) is 17.1 Å². The lowest BCUT2D eigenvalue weighted by Gasteiger charge is -2.07. The first-order valence-corrected chi connectivity index (χ1v) is 4.91. The van der Waals surface area contributed by atoms with Gasteiger partial charge in [-0.1, -0.05) is 11.6 Å². The van der Waals surface area contributed by atoms with E-state index in [1.165, 1.54) is 0 Å². The number of hydrogen-bond acceptors (Lipinski definition) is 3. The molecule has 2 rings (SSSR count). The van der Waals surface area contributed by atoms with E-state index in [2.05, 4.69) is 4.98 Å². The van der Waals surface area contributed by atoms with Crippen LogP contribution in [0.4, 0.5) is 0 Å². The minimum absolute atomic E-state index is 0.397. The van der Waals surface area contributed by atoms with Crippen molar-refractivity contribution in [2.45, 2.75) is 13.5 Å². The van der Waals surface area contributed by atoms with Gasteiger partial charge >= 0.3 is 0 Å². The van der Waals surface area contributed by atoms with Gasteiger partial charge in [-0.3, -0.25) is 0 Å². The fraction of sp³-hybridized carbons (Fsp3) is 0.182. The van der Waals surface area contributed by atoms with Crippen LogP contribution in [-0.2, 0) is 6.61 Å². The van der Waals surface area contributed by atoms with Crippen molar-refractivity contribution in [3.05, 3.63) is 47.1 Å². The van der Waals surface area contributed by atoms with Gasteiger partial charge in [-0.25, -0.2) is 4.98 Å². The Morgan fingerprint density at radius 1 is 1.53 bits per heavy atom. The van der Waals surface area contributed by atoms with Crippen LogP contribution < -0.4 is 4.74 Å². The second-order valence-corrected chi connectivity index (χ2v) is 3.53. The molecule has 0 unspecified atom stereocenters. The number of pyridine rings is 1. The molecule has 15 heavy (non-hydrogen) atoms. The Morgan fingerprint density at radius 3 is 3.13 bits per heavy atom. The zero-order chi connectivity index (χ0) is 10.7. The predicted molar refractivity (Wildman–Crippen MR) is 57.0 cm³/mol. The maximum Gasteiger partial charge on any atom is 0.146 e. The zero-order valence-corrected chi connectivity index (χ0v) is 8.99. The van der Waals surface area contributed by atoms with E-state index in [1.807, 2.05) is 19.1 Å². The fourth-order valence-electron chi connectivity index (χ4n) is 1.18. The number of aromatic nitrogens is 1. The lowest BCUT2D eigenvalue weighted by atomic mass is 10.3. The molecule has 0 amide bonds. The van der Waals surface area contributed by atoms with Crippen molar-refractivity contribution in [3.63, 3.8) is 0 Å². The second-order valence-electron chi connectivity index (χ2n) is 3.14. The van der Waals surface area contributed by atoms with Crippen molar-refractivity contribution in [3.8, 4) is 5.75 Å². The largest absolute Gasteiger partial charge is 0.485 e. The topological polar surface area (TPSA) is 35.3 Å². The molecule has 0 saturated carbocycles. The van der Waals surface area contributed by atoms with Crippen LogP contribution in [0.3, 0.4) is 0 Å². The Balaban J connectivity index is 2.07. The number of halogens is 1. The monoisotopic (exact) mass is 223 g/mol. The van der Waals surface area contributed by atoms with E-state index < -0.39 is 0 Å². The van der Waals surface area contributed by atoms with Gasteiger partial charge in [-0.05, 0) is 19.1 Å². The standard InChI is InChI=1S/C11H10ClNO2/c1-8-6-13-11(12)5-10(8)15-7-9-3-2-4-14-9/h2-6H,7H2,1H3. The van der Waals surface area contributed by atoms with Crippen LogP contribution in [0.15, 0.2) is 35.1 Å². The normalized spacial score (nSPS) is 10.3. The van der Waals surface area contributed by atoms with E-state index in [0.29, 0.717) is 11.8 Å². The molecule has 0 aliphatic heterocycles. The van der Waals surface area contributed by atoms with E-state index in [9.17, 15) is 0 Å². The number of hydrogen-bond donors (Lipinski definition) is 0. The van der Waals surface area contributed by atoms with Crippen LogP contribution in [0.2, 0.25) is 5.15 Å². The van der Waals surface area contributed by atoms with Gasteiger partial charge in [0.2, 0.25) is 0 Å². The summed E-state index contributed by atoms with van der Waals surface area (Å²) in [5, 5.41) is 0.426. The SMILES string of the molecule is Cc1cnc(Cl)cc1OCc1ccco1. The fourth-order valence-corrected chi connectivity index (χ4v) is 1.33. The van der Waals surface area contributed by atoms with Gasteiger partial charge in [-0.15, -0.1) is 0 Å². The molecule has 78 valence electrons. The van der Waals surface area contributed by atoms with Gasteiger partial charge in [0.05, 0.1) is 6.26 Å². The van der Waals surface area contributed by atoms with Crippen molar-refractivity contribution >= 4 is 11.6 Å². The van der Waals surface area contributed by atoms with Gasteiger partial charge in [0.25, 0.3) is 0 Å². The average molecular weight is 224 g/mol. The number of furan rings is 1. The van der Waals surface area contributed by atoms with Gasteiger partial charge in [0.15, 0.2) is 0 Å². The van der Waals surface area contributed by atoms with Crippen LogP contribution in [-0.4, -0.2) is 4.98 Å². The molecule has 0 aliphatic rings. The highest BCUT2D eigenvalue weighted by atomic mass is 35.5. The van der Waals surface area contributed by atoms with Gasteiger partial charge in [0, 0.05) is 17.8 Å². The molecule has 0 spiro atoms. The van der Waals surface area contributed by atoms with Crippen LogP contribution in [0.25, 0.3) is 0 Å². The molecule has 2 aromatic rings. The Hall–Kier alpha value is -1.48. The van der Waals surface area contributed by atoms with Crippen molar-refractivity contribution in [1.82, 2.24) is 4.98 Å². The first-order chi connectivity index (χ1) is 7.25. The molecular formula is C11H10ClNO2. The lowest BCUT2D eigenvalue weighted by Crippen LogP contribution is -1.96. The molecule has 0 aliphatic carbocycles. The summed E-state index contributed by atoms with van der Waals surface area (Å²) in [5.74, 6) is 1.51. The predicted octanol–water partition coefficient (Wildman–Crippen LogP) is 3.22. The first kappa shape index (κ1) is 10.1. The molecule has 0 aromatic carbocycles. The van der Waals surface area contributed by atoms with E-state index >= 15 is 0 Å². The molecule has 0 N–H and O–H groups in total. The minimum atomic E-state index is 0.397.